The fourth-order valence-corrected chi connectivity index (χ4v) is 5.04. The Morgan fingerprint density at radius 3 is 2.56 bits per heavy atom. The van der Waals surface area contributed by atoms with Gasteiger partial charge in [0.15, 0.2) is 0 Å². The second-order valence-electron chi connectivity index (χ2n) is 7.06. The molecule has 1 saturated heterocycles. The van der Waals surface area contributed by atoms with Crippen LogP contribution in [0.25, 0.3) is 0 Å². The van der Waals surface area contributed by atoms with Crippen LogP contribution in [0.5, 0.6) is 0 Å². The fourth-order valence-electron chi connectivity index (χ4n) is 3.45. The average Bonchev–Trinajstić information content (AvgIpc) is 3.21. The van der Waals surface area contributed by atoms with Gasteiger partial charge >= 0.3 is 0 Å². The van der Waals surface area contributed by atoms with Gasteiger partial charge in [0.25, 0.3) is 0 Å². The van der Waals surface area contributed by atoms with Gasteiger partial charge in [-0.3, -0.25) is 9.48 Å². The minimum atomic E-state index is -3.31. The van der Waals surface area contributed by atoms with Crippen molar-refractivity contribution >= 4 is 21.6 Å². The minimum Gasteiger partial charge on any atom is -0.326 e. The summed E-state index contributed by atoms with van der Waals surface area (Å²) in [4.78, 5) is 12.4. The molecule has 0 atom stereocenters. The summed E-state index contributed by atoms with van der Waals surface area (Å²) >= 11 is 0. The number of hydrogen-bond acceptors (Lipinski definition) is 4. The van der Waals surface area contributed by atoms with Gasteiger partial charge in [0, 0.05) is 37.1 Å². The van der Waals surface area contributed by atoms with Gasteiger partial charge in [-0.15, -0.1) is 0 Å². The fraction of sp³-hybridized carbons (Fsp3) is 0.474. The molecule has 1 aromatic carbocycles. The number of nitrogens with one attached hydrogen (secondary N) is 1. The largest absolute Gasteiger partial charge is 0.326 e. The van der Waals surface area contributed by atoms with Crippen molar-refractivity contribution in [1.29, 1.82) is 0 Å². The van der Waals surface area contributed by atoms with Gasteiger partial charge in [0.1, 0.15) is 0 Å². The lowest BCUT2D eigenvalue weighted by Gasteiger charge is -2.15. The normalized spacial score (nSPS) is 15.2. The molecule has 0 aliphatic carbocycles. The molecule has 1 fully saturated rings. The second kappa shape index (κ2) is 7.82. The zero-order valence-electron chi connectivity index (χ0n) is 16.0. The predicted molar refractivity (Wildman–Crippen MR) is 105 cm³/mol. The van der Waals surface area contributed by atoms with Crippen molar-refractivity contribution in [3.05, 3.63) is 46.8 Å². The second-order valence-corrected chi connectivity index (χ2v) is 9.03. The molecule has 1 N–H and O–H groups in total. The SMILES string of the molecule is Cc1nn(C)c(C)c1CC(=O)Nc1cccc(CS(=O)(=O)N2CCCC2)c1. The lowest BCUT2D eigenvalue weighted by Crippen LogP contribution is -2.29. The molecular formula is C19H26N4O3S. The van der Waals surface area contributed by atoms with E-state index in [1.807, 2.05) is 20.9 Å². The molecule has 8 heteroatoms. The molecule has 0 radical (unpaired) electrons. The molecule has 2 heterocycles. The molecule has 0 bridgehead atoms. The summed E-state index contributed by atoms with van der Waals surface area (Å²) in [5, 5.41) is 7.19. The predicted octanol–water partition coefficient (Wildman–Crippen LogP) is 2.14. The Labute approximate surface area is 160 Å². The van der Waals surface area contributed by atoms with Gasteiger partial charge in [-0.05, 0) is 44.4 Å². The van der Waals surface area contributed by atoms with Gasteiger partial charge < -0.3 is 5.32 Å². The summed E-state index contributed by atoms with van der Waals surface area (Å²) in [5.74, 6) is -0.189. The Balaban J connectivity index is 1.67. The lowest BCUT2D eigenvalue weighted by molar-refractivity contribution is -0.115. The highest BCUT2D eigenvalue weighted by molar-refractivity contribution is 7.88. The summed E-state index contributed by atoms with van der Waals surface area (Å²) < 4.78 is 28.3. The van der Waals surface area contributed by atoms with Crippen LogP contribution in [-0.4, -0.2) is 41.5 Å². The van der Waals surface area contributed by atoms with Crippen molar-refractivity contribution in [2.24, 2.45) is 7.05 Å². The van der Waals surface area contributed by atoms with Gasteiger partial charge in [-0.25, -0.2) is 12.7 Å². The van der Waals surface area contributed by atoms with Crippen molar-refractivity contribution in [3.63, 3.8) is 0 Å². The molecule has 1 amide bonds. The first-order chi connectivity index (χ1) is 12.8. The molecule has 0 unspecified atom stereocenters. The van der Waals surface area contributed by atoms with Crippen molar-refractivity contribution in [1.82, 2.24) is 14.1 Å². The summed E-state index contributed by atoms with van der Waals surface area (Å²) in [6.07, 6.45) is 2.08. The van der Waals surface area contributed by atoms with Crippen LogP contribution in [-0.2, 0) is 34.0 Å². The van der Waals surface area contributed by atoms with Crippen LogP contribution in [0.4, 0.5) is 5.69 Å². The quantitative estimate of drug-likeness (QED) is 0.819. The molecular weight excluding hydrogens is 364 g/mol. The van der Waals surface area contributed by atoms with E-state index >= 15 is 0 Å². The van der Waals surface area contributed by atoms with Crippen LogP contribution in [0.2, 0.25) is 0 Å². The highest BCUT2D eigenvalue weighted by Gasteiger charge is 2.25. The van der Waals surface area contributed by atoms with Crippen LogP contribution in [0.1, 0.15) is 35.4 Å². The highest BCUT2D eigenvalue weighted by atomic mass is 32.2. The number of amides is 1. The number of benzene rings is 1. The average molecular weight is 391 g/mol. The van der Waals surface area contributed by atoms with Gasteiger partial charge in [0.2, 0.25) is 15.9 Å². The van der Waals surface area contributed by atoms with Crippen molar-refractivity contribution in [2.75, 3.05) is 18.4 Å². The topological polar surface area (TPSA) is 84.3 Å². The summed E-state index contributed by atoms with van der Waals surface area (Å²) in [6, 6.07) is 7.05. The standard InChI is InChI=1S/C19H26N4O3S/c1-14-18(15(2)22(3)21-14)12-19(24)20-17-8-6-7-16(11-17)13-27(25,26)23-9-4-5-10-23/h6-8,11H,4-5,9-10,12-13H2,1-3H3,(H,20,24). The summed E-state index contributed by atoms with van der Waals surface area (Å²) in [5.41, 5.74) is 4.01. The van der Waals surface area contributed by atoms with Crippen LogP contribution in [0.15, 0.2) is 24.3 Å². The third kappa shape index (κ3) is 4.56. The first-order valence-electron chi connectivity index (χ1n) is 9.12. The molecule has 2 aromatic rings. The zero-order chi connectivity index (χ0) is 19.6. The number of sulfonamides is 1. The van der Waals surface area contributed by atoms with Crippen LogP contribution >= 0.6 is 0 Å². The third-order valence-electron chi connectivity index (χ3n) is 5.01. The van der Waals surface area contributed by atoms with E-state index in [1.54, 1.807) is 33.3 Å². The summed E-state index contributed by atoms with van der Waals surface area (Å²) in [6.45, 7) is 5.02. The van der Waals surface area contributed by atoms with Gasteiger partial charge in [-0.1, -0.05) is 12.1 Å². The first-order valence-corrected chi connectivity index (χ1v) is 10.7. The Bertz CT molecular complexity index is 944. The van der Waals surface area contributed by atoms with E-state index in [-0.39, 0.29) is 18.1 Å². The number of hydrogen-bond donors (Lipinski definition) is 1. The summed E-state index contributed by atoms with van der Waals surface area (Å²) in [7, 11) is -1.45. The zero-order valence-corrected chi connectivity index (χ0v) is 16.8. The number of carbonyl (C=O) groups is 1. The number of nitrogens with zero attached hydrogens (tertiary/aromatic N) is 3. The van der Waals surface area contributed by atoms with Crippen molar-refractivity contribution < 1.29 is 13.2 Å². The van der Waals surface area contributed by atoms with Crippen LogP contribution in [0.3, 0.4) is 0 Å². The van der Waals surface area contributed by atoms with Crippen LogP contribution < -0.4 is 5.32 Å². The number of rotatable bonds is 6. The van der Waals surface area contributed by atoms with E-state index in [4.69, 9.17) is 0 Å². The molecule has 146 valence electrons. The number of anilines is 1. The van der Waals surface area contributed by atoms with E-state index in [9.17, 15) is 13.2 Å². The maximum atomic E-state index is 12.5. The van der Waals surface area contributed by atoms with Gasteiger partial charge in [0.05, 0.1) is 17.9 Å². The Morgan fingerprint density at radius 1 is 1.22 bits per heavy atom. The van der Waals surface area contributed by atoms with E-state index in [0.717, 1.165) is 29.8 Å². The van der Waals surface area contributed by atoms with E-state index < -0.39 is 10.0 Å². The number of aryl methyl sites for hydroxylation is 2. The lowest BCUT2D eigenvalue weighted by atomic mass is 10.1. The number of aromatic nitrogens is 2. The molecule has 1 aliphatic rings. The number of carbonyl (C=O) groups excluding carboxylic acids is 1. The first kappa shape index (κ1) is 19.6. The Morgan fingerprint density at radius 2 is 1.93 bits per heavy atom. The van der Waals surface area contributed by atoms with Crippen LogP contribution in [0, 0.1) is 13.8 Å². The van der Waals surface area contributed by atoms with Crippen molar-refractivity contribution in [2.45, 2.75) is 38.9 Å². The molecule has 0 saturated carbocycles. The highest BCUT2D eigenvalue weighted by Crippen LogP contribution is 2.20. The monoisotopic (exact) mass is 390 g/mol. The molecule has 0 spiro atoms. The third-order valence-corrected chi connectivity index (χ3v) is 6.86. The Kier molecular flexibility index (Phi) is 5.67. The van der Waals surface area contributed by atoms with E-state index in [2.05, 4.69) is 10.4 Å². The molecule has 27 heavy (non-hydrogen) atoms. The van der Waals surface area contributed by atoms with E-state index in [0.29, 0.717) is 24.3 Å². The Hall–Kier alpha value is -2.19. The molecule has 3 rings (SSSR count). The maximum Gasteiger partial charge on any atom is 0.228 e. The molecule has 1 aromatic heterocycles. The smallest absolute Gasteiger partial charge is 0.228 e. The maximum absolute atomic E-state index is 12.5. The van der Waals surface area contributed by atoms with Gasteiger partial charge in [-0.2, -0.15) is 5.10 Å². The molecule has 1 aliphatic heterocycles. The molecule has 7 nitrogen and oxygen atoms in total. The van der Waals surface area contributed by atoms with Crippen molar-refractivity contribution in [3.8, 4) is 0 Å². The minimum absolute atomic E-state index is 0.0441. The van der Waals surface area contributed by atoms with E-state index in [1.165, 1.54) is 0 Å².